The Bertz CT molecular complexity index is 1110. The van der Waals surface area contributed by atoms with Crippen LogP contribution in [0.25, 0.3) is 5.69 Å². The van der Waals surface area contributed by atoms with Crippen LogP contribution in [0.15, 0.2) is 42.7 Å². The topological polar surface area (TPSA) is 58.5 Å². The Morgan fingerprint density at radius 1 is 0.909 bits per heavy atom. The fourth-order valence-electron chi connectivity index (χ4n) is 4.04. The van der Waals surface area contributed by atoms with Crippen LogP contribution in [0.4, 0.5) is 34.9 Å². The molecule has 0 radical (unpaired) electrons. The molecule has 2 aliphatic heterocycles. The van der Waals surface area contributed by atoms with Gasteiger partial charge in [-0.15, -0.1) is 5.10 Å². The lowest BCUT2D eigenvalue weighted by atomic mass is 10.1. The molecule has 11 heteroatoms. The summed E-state index contributed by atoms with van der Waals surface area (Å²) in [4.78, 5) is 8.53. The minimum absolute atomic E-state index is 0.114. The molecule has 0 amide bonds. The molecule has 2 aliphatic rings. The quantitative estimate of drug-likeness (QED) is 0.564. The summed E-state index contributed by atoms with van der Waals surface area (Å²) >= 11 is 0. The number of hydrogen-bond donors (Lipinski definition) is 1. The third kappa shape index (κ3) is 4.79. The van der Waals surface area contributed by atoms with E-state index < -0.39 is 18.1 Å². The van der Waals surface area contributed by atoms with E-state index in [2.05, 4.69) is 25.2 Å². The first-order valence-corrected chi connectivity index (χ1v) is 10.6. The van der Waals surface area contributed by atoms with Gasteiger partial charge in [0, 0.05) is 49.2 Å². The van der Waals surface area contributed by atoms with E-state index in [9.17, 15) is 17.6 Å². The van der Waals surface area contributed by atoms with Crippen LogP contribution >= 0.6 is 0 Å². The van der Waals surface area contributed by atoms with Gasteiger partial charge in [0.1, 0.15) is 18.0 Å². The molecule has 33 heavy (non-hydrogen) atoms. The molecule has 174 valence electrons. The maximum absolute atomic E-state index is 13.6. The second-order valence-electron chi connectivity index (χ2n) is 8.09. The average Bonchev–Trinajstić information content (AvgIpc) is 3.21. The molecule has 5 rings (SSSR count). The highest BCUT2D eigenvalue weighted by molar-refractivity contribution is 5.64. The van der Waals surface area contributed by atoms with E-state index >= 15 is 0 Å². The molecular weight excluding hydrogens is 440 g/mol. The van der Waals surface area contributed by atoms with Crippen molar-refractivity contribution in [1.29, 1.82) is 0 Å². The fraction of sp³-hybridized carbons (Fsp3) is 0.364. The van der Waals surface area contributed by atoms with Gasteiger partial charge >= 0.3 is 0 Å². The lowest BCUT2D eigenvalue weighted by Gasteiger charge is -2.43. The Labute approximate surface area is 187 Å². The molecule has 3 heterocycles. The summed E-state index contributed by atoms with van der Waals surface area (Å²) < 4.78 is 60.6. The summed E-state index contributed by atoms with van der Waals surface area (Å²) in [5.41, 5.74) is 1.13. The van der Waals surface area contributed by atoms with E-state index in [1.165, 1.54) is 23.1 Å². The number of nitrogens with one attached hydrogen (secondary N) is 1. The molecule has 0 spiro atoms. The molecule has 2 aromatic carbocycles. The molecule has 1 aromatic heterocycles. The number of benzene rings is 2. The second-order valence-corrected chi connectivity index (χ2v) is 8.09. The summed E-state index contributed by atoms with van der Waals surface area (Å²) in [7, 11) is 0. The number of halogens is 4. The number of piperazine rings is 1. The zero-order valence-electron chi connectivity index (χ0n) is 17.6. The molecule has 1 N–H and O–H groups in total. The molecule has 7 nitrogen and oxygen atoms in total. The fourth-order valence-corrected chi connectivity index (χ4v) is 4.04. The maximum atomic E-state index is 13.6. The molecular formula is C22H22F4N6O. The Morgan fingerprint density at radius 2 is 1.64 bits per heavy atom. The second kappa shape index (κ2) is 8.99. The maximum Gasteiger partial charge on any atom is 0.263 e. The lowest BCUT2D eigenvalue weighted by Crippen LogP contribution is -2.56. The van der Waals surface area contributed by atoms with Crippen LogP contribution < -0.4 is 10.2 Å². The minimum Gasteiger partial charge on any atom is -0.378 e. The molecule has 0 atom stereocenters. The van der Waals surface area contributed by atoms with Crippen molar-refractivity contribution in [2.24, 2.45) is 0 Å². The summed E-state index contributed by atoms with van der Waals surface area (Å²) in [6, 6.07) is 8.06. The van der Waals surface area contributed by atoms with Crippen molar-refractivity contribution < 1.29 is 22.3 Å². The van der Waals surface area contributed by atoms with Gasteiger partial charge in [-0.25, -0.2) is 22.2 Å². The molecule has 0 bridgehead atoms. The Hall–Kier alpha value is -3.18. The molecule has 0 unspecified atom stereocenters. The number of rotatable bonds is 6. The Balaban J connectivity index is 1.34. The van der Waals surface area contributed by atoms with Crippen molar-refractivity contribution in [3.8, 4) is 5.69 Å². The summed E-state index contributed by atoms with van der Waals surface area (Å²) in [6.45, 7) is 4.62. The largest absolute Gasteiger partial charge is 0.378 e. The van der Waals surface area contributed by atoms with Crippen molar-refractivity contribution >= 4 is 17.3 Å². The number of anilines is 3. The Kier molecular flexibility index (Phi) is 5.90. The zero-order valence-corrected chi connectivity index (χ0v) is 17.6. The monoisotopic (exact) mass is 462 g/mol. The van der Waals surface area contributed by atoms with Gasteiger partial charge < -0.3 is 15.0 Å². The first-order valence-electron chi connectivity index (χ1n) is 10.6. The lowest BCUT2D eigenvalue weighted by molar-refractivity contribution is -0.0660. The van der Waals surface area contributed by atoms with E-state index in [-0.39, 0.29) is 17.2 Å². The van der Waals surface area contributed by atoms with Crippen LogP contribution in [0, 0.1) is 11.6 Å². The predicted molar refractivity (Wildman–Crippen MR) is 114 cm³/mol. The van der Waals surface area contributed by atoms with Gasteiger partial charge in [-0.05, 0) is 30.3 Å². The van der Waals surface area contributed by atoms with Gasteiger partial charge in [-0.2, -0.15) is 4.98 Å². The van der Waals surface area contributed by atoms with E-state index in [1.807, 2.05) is 0 Å². The first-order chi connectivity index (χ1) is 15.9. The van der Waals surface area contributed by atoms with Crippen LogP contribution in [0.2, 0.25) is 0 Å². The molecule has 0 aliphatic carbocycles. The van der Waals surface area contributed by atoms with Crippen molar-refractivity contribution in [1.82, 2.24) is 19.7 Å². The molecule has 3 aromatic rings. The van der Waals surface area contributed by atoms with Gasteiger partial charge in [0.2, 0.25) is 5.95 Å². The highest BCUT2D eigenvalue weighted by Crippen LogP contribution is 2.31. The smallest absolute Gasteiger partial charge is 0.263 e. The number of hydrogen-bond acceptors (Lipinski definition) is 6. The standard InChI is InChI=1S/C22H22F4N6O/c23-15-7-16(24)9-19(8-15)32-13-27-22(29-32)28-17-5-14(21(25)26)6-18(10-17)30-1-3-31(4-2-30)20-11-33-12-20/h5-10,13,20-21H,1-4,11-12H2,(H,28,29). The molecule has 0 saturated carbocycles. The van der Waals surface area contributed by atoms with E-state index in [1.54, 1.807) is 6.07 Å². The summed E-state index contributed by atoms with van der Waals surface area (Å²) in [5.74, 6) is -1.37. The van der Waals surface area contributed by atoms with Crippen LogP contribution in [0.3, 0.4) is 0 Å². The zero-order chi connectivity index (χ0) is 22.9. The van der Waals surface area contributed by atoms with E-state index in [4.69, 9.17) is 4.74 Å². The predicted octanol–water partition coefficient (Wildman–Crippen LogP) is 3.75. The van der Waals surface area contributed by atoms with Crippen molar-refractivity contribution in [2.45, 2.75) is 12.5 Å². The third-order valence-electron chi connectivity index (χ3n) is 5.87. The SMILES string of the molecule is Fc1cc(F)cc(-n2cnc(Nc3cc(C(F)F)cc(N4CCN(C5COC5)CC4)c3)n2)c1. The molecule has 2 saturated heterocycles. The van der Waals surface area contributed by atoms with E-state index in [0.717, 1.165) is 57.6 Å². The van der Waals surface area contributed by atoms with Gasteiger partial charge in [0.25, 0.3) is 6.43 Å². The number of alkyl halides is 2. The van der Waals surface area contributed by atoms with Gasteiger partial charge in [0.05, 0.1) is 24.9 Å². The highest BCUT2D eigenvalue weighted by atomic mass is 19.3. The summed E-state index contributed by atoms with van der Waals surface area (Å²) in [6.07, 6.45) is -1.35. The van der Waals surface area contributed by atoms with Gasteiger partial charge in [-0.1, -0.05) is 0 Å². The van der Waals surface area contributed by atoms with Crippen LogP contribution in [0.1, 0.15) is 12.0 Å². The van der Waals surface area contributed by atoms with Crippen LogP contribution in [-0.2, 0) is 4.74 Å². The number of ether oxygens (including phenoxy) is 1. The number of nitrogens with zero attached hydrogens (tertiary/aromatic N) is 5. The third-order valence-corrected chi connectivity index (χ3v) is 5.87. The highest BCUT2D eigenvalue weighted by Gasteiger charge is 2.29. The Morgan fingerprint density at radius 3 is 2.27 bits per heavy atom. The van der Waals surface area contributed by atoms with Gasteiger partial charge in [0.15, 0.2) is 0 Å². The van der Waals surface area contributed by atoms with Crippen molar-refractivity contribution in [3.63, 3.8) is 0 Å². The normalized spacial score (nSPS) is 17.4. The van der Waals surface area contributed by atoms with Crippen LogP contribution in [-0.4, -0.2) is 65.1 Å². The van der Waals surface area contributed by atoms with Crippen LogP contribution in [0.5, 0.6) is 0 Å². The minimum atomic E-state index is -2.64. The number of aromatic nitrogens is 3. The van der Waals surface area contributed by atoms with Crippen molar-refractivity contribution in [3.05, 3.63) is 59.9 Å². The first kappa shape index (κ1) is 21.7. The average molecular weight is 462 g/mol. The molecule has 2 fully saturated rings. The van der Waals surface area contributed by atoms with Crippen molar-refractivity contribution in [2.75, 3.05) is 49.6 Å². The van der Waals surface area contributed by atoms with Gasteiger partial charge in [-0.3, -0.25) is 4.90 Å². The summed E-state index contributed by atoms with van der Waals surface area (Å²) in [5, 5.41) is 7.09. The van der Waals surface area contributed by atoms with E-state index in [0.29, 0.717) is 17.4 Å².